The average Bonchev–Trinajstić information content (AvgIpc) is 3.65. The Bertz CT molecular complexity index is 1580. The maximum atomic E-state index is 14.3. The Morgan fingerprint density at radius 2 is 1.76 bits per heavy atom. The summed E-state index contributed by atoms with van der Waals surface area (Å²) in [4.78, 5) is 42.1. The van der Waals surface area contributed by atoms with Crippen LogP contribution in [-0.2, 0) is 32.8 Å². The van der Waals surface area contributed by atoms with Crippen molar-refractivity contribution in [1.82, 2.24) is 20.9 Å². The molecular formula is C32H33F2N5O3. The minimum Gasteiger partial charge on any atom is -0.368 e. The number of carbonyl (C=O) groups is 3. The van der Waals surface area contributed by atoms with Gasteiger partial charge in [-0.3, -0.25) is 14.4 Å². The second-order valence-electron chi connectivity index (χ2n) is 12.5. The van der Waals surface area contributed by atoms with Crippen molar-refractivity contribution in [2.24, 2.45) is 5.41 Å². The van der Waals surface area contributed by atoms with Gasteiger partial charge in [0.2, 0.25) is 17.7 Å². The number of halogens is 2. The molecule has 2 aromatic carbocycles. The molecule has 0 unspecified atom stereocenters. The van der Waals surface area contributed by atoms with Gasteiger partial charge in [-0.1, -0.05) is 31.1 Å². The second kappa shape index (κ2) is 9.49. The summed E-state index contributed by atoms with van der Waals surface area (Å²) in [5.41, 5.74) is 1.28. The van der Waals surface area contributed by atoms with E-state index < -0.39 is 34.0 Å². The van der Waals surface area contributed by atoms with Crippen LogP contribution in [0.3, 0.4) is 0 Å². The maximum absolute atomic E-state index is 14.3. The number of fused-ring (bicyclic) bond motifs is 2. The lowest BCUT2D eigenvalue weighted by atomic mass is 9.78. The summed E-state index contributed by atoms with van der Waals surface area (Å²) < 4.78 is 28.6. The van der Waals surface area contributed by atoms with Crippen molar-refractivity contribution in [2.75, 3.05) is 25.0 Å². The molecule has 1 saturated carbocycles. The van der Waals surface area contributed by atoms with Crippen molar-refractivity contribution < 1.29 is 23.2 Å². The van der Waals surface area contributed by atoms with Gasteiger partial charge < -0.3 is 26.2 Å². The summed E-state index contributed by atoms with van der Waals surface area (Å²) in [7, 11) is 0. The first-order valence-electron chi connectivity index (χ1n) is 14.5. The van der Waals surface area contributed by atoms with Gasteiger partial charge >= 0.3 is 0 Å². The number of rotatable bonds is 4. The molecule has 4 N–H and O–H groups in total. The Morgan fingerprint density at radius 3 is 2.52 bits per heavy atom. The van der Waals surface area contributed by atoms with Gasteiger partial charge in [0, 0.05) is 30.4 Å². The Balaban J connectivity index is 1.14. The van der Waals surface area contributed by atoms with Gasteiger partial charge in [0.1, 0.15) is 24.0 Å². The molecule has 0 bridgehead atoms. The largest absolute Gasteiger partial charge is 0.368 e. The molecule has 5 aliphatic rings. The Kier molecular flexibility index (Phi) is 6.06. The van der Waals surface area contributed by atoms with E-state index in [-0.39, 0.29) is 24.9 Å². The molecule has 2 atom stereocenters. The van der Waals surface area contributed by atoms with Crippen molar-refractivity contribution in [2.45, 2.75) is 56.5 Å². The number of hydrogen-bond acceptors (Lipinski definition) is 5. The van der Waals surface area contributed by atoms with Crippen LogP contribution in [0, 0.1) is 17.0 Å². The molecule has 2 spiro atoms. The van der Waals surface area contributed by atoms with E-state index in [1.165, 1.54) is 17.0 Å². The Labute approximate surface area is 242 Å². The minimum atomic E-state index is -1.14. The Hall–Kier alpha value is -4.05. The molecule has 8 nitrogen and oxygen atoms in total. The summed E-state index contributed by atoms with van der Waals surface area (Å²) in [6.45, 7) is 2.40. The summed E-state index contributed by atoms with van der Waals surface area (Å²) in [5, 5.41) is 12.5. The van der Waals surface area contributed by atoms with E-state index in [9.17, 15) is 23.2 Å². The van der Waals surface area contributed by atoms with Crippen LogP contribution in [0.2, 0.25) is 0 Å². The zero-order chi connectivity index (χ0) is 29.3. The van der Waals surface area contributed by atoms with Crippen LogP contribution in [0.15, 0.2) is 59.9 Å². The molecule has 3 amide bonds. The summed E-state index contributed by atoms with van der Waals surface area (Å²) in [6.07, 6.45) is 8.21. The van der Waals surface area contributed by atoms with Crippen molar-refractivity contribution in [3.8, 4) is 0 Å². The number of anilines is 1. The number of benzene rings is 2. The zero-order valence-electron chi connectivity index (χ0n) is 23.4. The molecule has 7 rings (SSSR count). The highest BCUT2D eigenvalue weighted by molar-refractivity contribution is 5.98. The molecule has 42 heavy (non-hydrogen) atoms. The molecule has 3 aliphatic heterocycles. The lowest BCUT2D eigenvalue weighted by molar-refractivity contribution is -0.153. The number of piperazine rings is 1. The third-order valence-electron chi connectivity index (χ3n) is 9.88. The predicted octanol–water partition coefficient (Wildman–Crippen LogP) is 3.15. The van der Waals surface area contributed by atoms with Crippen LogP contribution in [0.25, 0.3) is 0 Å². The highest BCUT2D eigenvalue weighted by atomic mass is 19.1. The fourth-order valence-corrected chi connectivity index (χ4v) is 7.56. The normalized spacial score (nSPS) is 27.4. The number of amides is 3. The third kappa shape index (κ3) is 4.06. The molecule has 1 saturated heterocycles. The minimum absolute atomic E-state index is 0.0283. The molecule has 2 aromatic rings. The van der Waals surface area contributed by atoms with Crippen LogP contribution >= 0.6 is 0 Å². The van der Waals surface area contributed by atoms with Crippen LogP contribution in [-0.4, -0.2) is 47.8 Å². The topological polar surface area (TPSA) is 103 Å². The highest BCUT2D eigenvalue weighted by Gasteiger charge is 2.54. The summed E-state index contributed by atoms with van der Waals surface area (Å²) in [6, 6.07) is 8.89. The molecule has 3 heterocycles. The molecule has 0 aromatic heterocycles. The van der Waals surface area contributed by atoms with E-state index in [0.717, 1.165) is 41.4 Å². The molecule has 0 radical (unpaired) electrons. The van der Waals surface area contributed by atoms with Gasteiger partial charge in [-0.15, -0.1) is 0 Å². The SMILES string of the molecule is C[C@]1(c2cc(F)cc(F)c2)CNC2(CCCC2)C(=O)N1CC(=O)Nc1ccc2c(c1)C[C@@]1(C2)C(=O)NC2=C1C=CCN2. The molecule has 2 aliphatic carbocycles. The first-order chi connectivity index (χ1) is 20.1. The summed E-state index contributed by atoms with van der Waals surface area (Å²) in [5.74, 6) is -1.37. The van der Waals surface area contributed by atoms with Gasteiger partial charge in [0.05, 0.1) is 16.5 Å². The number of nitrogens with zero attached hydrogens (tertiary/aromatic N) is 1. The fraction of sp³-hybridized carbons (Fsp3) is 0.406. The van der Waals surface area contributed by atoms with Crippen LogP contribution in [0.4, 0.5) is 14.5 Å². The van der Waals surface area contributed by atoms with E-state index in [1.54, 1.807) is 6.92 Å². The van der Waals surface area contributed by atoms with Crippen molar-refractivity contribution in [3.63, 3.8) is 0 Å². The molecular weight excluding hydrogens is 540 g/mol. The number of nitrogens with one attached hydrogen (secondary N) is 4. The lowest BCUT2D eigenvalue weighted by Gasteiger charge is -2.51. The predicted molar refractivity (Wildman–Crippen MR) is 152 cm³/mol. The number of dihydropyridines is 1. The summed E-state index contributed by atoms with van der Waals surface area (Å²) >= 11 is 0. The highest BCUT2D eigenvalue weighted by Crippen LogP contribution is 2.48. The van der Waals surface area contributed by atoms with E-state index in [0.29, 0.717) is 43.5 Å². The lowest BCUT2D eigenvalue weighted by Crippen LogP contribution is -2.71. The molecule has 2 fully saturated rings. The first-order valence-corrected chi connectivity index (χ1v) is 14.5. The molecule has 10 heteroatoms. The Morgan fingerprint density at radius 1 is 1.02 bits per heavy atom. The number of allylic oxidation sites excluding steroid dienone is 1. The van der Waals surface area contributed by atoms with Gasteiger partial charge in [-0.25, -0.2) is 8.78 Å². The van der Waals surface area contributed by atoms with Crippen LogP contribution < -0.4 is 21.3 Å². The van der Waals surface area contributed by atoms with Gasteiger partial charge in [0.25, 0.3) is 0 Å². The van der Waals surface area contributed by atoms with E-state index in [2.05, 4.69) is 21.3 Å². The van der Waals surface area contributed by atoms with E-state index >= 15 is 0 Å². The van der Waals surface area contributed by atoms with Crippen molar-refractivity contribution in [1.29, 1.82) is 0 Å². The van der Waals surface area contributed by atoms with E-state index in [1.807, 2.05) is 30.4 Å². The van der Waals surface area contributed by atoms with Crippen LogP contribution in [0.1, 0.15) is 49.3 Å². The zero-order valence-corrected chi connectivity index (χ0v) is 23.4. The maximum Gasteiger partial charge on any atom is 0.244 e. The monoisotopic (exact) mass is 573 g/mol. The fourth-order valence-electron chi connectivity index (χ4n) is 7.56. The quantitative estimate of drug-likeness (QED) is 0.450. The third-order valence-corrected chi connectivity index (χ3v) is 9.88. The van der Waals surface area contributed by atoms with Crippen molar-refractivity contribution >= 4 is 23.4 Å². The first kappa shape index (κ1) is 26.8. The van der Waals surface area contributed by atoms with E-state index in [4.69, 9.17) is 0 Å². The van der Waals surface area contributed by atoms with Crippen LogP contribution in [0.5, 0.6) is 0 Å². The smallest absolute Gasteiger partial charge is 0.244 e. The van der Waals surface area contributed by atoms with Crippen molar-refractivity contribution in [3.05, 3.63) is 88.3 Å². The average molecular weight is 574 g/mol. The van der Waals surface area contributed by atoms with Gasteiger partial charge in [-0.05, 0) is 73.6 Å². The van der Waals surface area contributed by atoms with Gasteiger partial charge in [-0.2, -0.15) is 0 Å². The molecule has 218 valence electrons. The van der Waals surface area contributed by atoms with Gasteiger partial charge in [0.15, 0.2) is 0 Å². The standard InChI is InChI=1S/C32H33F2N5O3/c1-30(21-12-22(33)14-23(34)13-21)18-36-32(8-2-3-9-32)29(42)39(30)17-26(40)37-24-7-6-19-15-31(16-20(19)11-24)25-5-4-10-35-27(25)38-28(31)41/h4-7,11-14,35-36H,2-3,8-10,15-18H2,1H3,(H,37,40)(H,38,41)/t30-,31-/m1/s1. The number of hydrogen-bond donors (Lipinski definition) is 4. The number of carbonyl (C=O) groups excluding carboxylic acids is 3. The second-order valence-corrected chi connectivity index (χ2v) is 12.5.